The van der Waals surface area contributed by atoms with Crippen LogP contribution in [0.1, 0.15) is 32.6 Å². The molecule has 0 N–H and O–H groups in total. The molecule has 0 radical (unpaired) electrons. The standard InChI is InChI=1S/C22H13N3O5/c1-12-2-5-17-19(8-12)29-20-9-13(24-25-23)3-6-18(20)22(17)16-7-4-14(28-11-26)10-15(16)21(27)30-22/h2-11H,1H3. The fourth-order valence-corrected chi connectivity index (χ4v) is 4.05. The fourth-order valence-electron chi connectivity index (χ4n) is 4.05. The molecular weight excluding hydrogens is 386 g/mol. The summed E-state index contributed by atoms with van der Waals surface area (Å²) in [5, 5.41) is 3.64. The Labute approximate surface area is 170 Å². The van der Waals surface area contributed by atoms with Crippen molar-refractivity contribution in [2.75, 3.05) is 0 Å². The van der Waals surface area contributed by atoms with Gasteiger partial charge in [0.25, 0.3) is 6.47 Å². The van der Waals surface area contributed by atoms with Crippen molar-refractivity contribution in [3.05, 3.63) is 92.9 Å². The van der Waals surface area contributed by atoms with Crippen LogP contribution in [-0.2, 0) is 15.1 Å². The Morgan fingerprint density at radius 2 is 1.77 bits per heavy atom. The molecular formula is C22H13N3O5. The zero-order chi connectivity index (χ0) is 20.9. The summed E-state index contributed by atoms with van der Waals surface area (Å²) in [6.07, 6.45) is 0. The van der Waals surface area contributed by atoms with Gasteiger partial charge in [0.05, 0.1) is 5.56 Å². The maximum Gasteiger partial charge on any atom is 0.340 e. The van der Waals surface area contributed by atoms with Crippen LogP contribution >= 0.6 is 0 Å². The van der Waals surface area contributed by atoms with Gasteiger partial charge in [-0.2, -0.15) is 0 Å². The molecule has 3 aromatic rings. The van der Waals surface area contributed by atoms with E-state index in [4.69, 9.17) is 19.7 Å². The molecule has 5 rings (SSSR count). The van der Waals surface area contributed by atoms with Crippen molar-refractivity contribution in [3.8, 4) is 17.2 Å². The van der Waals surface area contributed by atoms with Crippen molar-refractivity contribution in [2.24, 2.45) is 5.11 Å². The average Bonchev–Trinajstić information content (AvgIpc) is 3.01. The molecule has 2 heterocycles. The van der Waals surface area contributed by atoms with Crippen molar-refractivity contribution in [1.29, 1.82) is 0 Å². The molecule has 8 nitrogen and oxygen atoms in total. The molecule has 0 saturated heterocycles. The average molecular weight is 399 g/mol. The first-order chi connectivity index (χ1) is 14.6. The molecule has 0 saturated carbocycles. The number of carbonyl (C=O) groups excluding carboxylic acids is 2. The molecule has 0 aromatic heterocycles. The van der Waals surface area contributed by atoms with E-state index in [0.717, 1.165) is 5.56 Å². The van der Waals surface area contributed by atoms with E-state index >= 15 is 0 Å². The number of ether oxygens (including phenoxy) is 3. The van der Waals surface area contributed by atoms with Crippen LogP contribution in [0.15, 0.2) is 59.7 Å². The number of rotatable bonds is 3. The van der Waals surface area contributed by atoms with Gasteiger partial charge in [-0.25, -0.2) is 4.79 Å². The van der Waals surface area contributed by atoms with Gasteiger partial charge in [0.2, 0.25) is 0 Å². The second-order valence-electron chi connectivity index (χ2n) is 6.96. The van der Waals surface area contributed by atoms with Crippen molar-refractivity contribution in [2.45, 2.75) is 12.5 Å². The maximum atomic E-state index is 12.9. The second-order valence-corrected chi connectivity index (χ2v) is 6.96. The van der Waals surface area contributed by atoms with E-state index in [1.165, 1.54) is 6.07 Å². The molecule has 0 amide bonds. The third-order valence-electron chi connectivity index (χ3n) is 5.26. The van der Waals surface area contributed by atoms with E-state index in [2.05, 4.69) is 10.0 Å². The first-order valence-electron chi connectivity index (χ1n) is 9.03. The van der Waals surface area contributed by atoms with Crippen LogP contribution in [-0.4, -0.2) is 12.4 Å². The highest BCUT2D eigenvalue weighted by atomic mass is 16.6. The lowest BCUT2D eigenvalue weighted by Gasteiger charge is -2.36. The van der Waals surface area contributed by atoms with Gasteiger partial charge >= 0.3 is 5.97 Å². The minimum Gasteiger partial charge on any atom is -0.456 e. The third-order valence-corrected chi connectivity index (χ3v) is 5.26. The number of azide groups is 1. The highest BCUT2D eigenvalue weighted by Gasteiger charge is 2.53. The quantitative estimate of drug-likeness (QED) is 0.201. The summed E-state index contributed by atoms with van der Waals surface area (Å²) < 4.78 is 17.0. The monoisotopic (exact) mass is 399 g/mol. The number of hydrogen-bond donors (Lipinski definition) is 0. The van der Waals surface area contributed by atoms with E-state index in [-0.39, 0.29) is 5.75 Å². The van der Waals surface area contributed by atoms with Gasteiger partial charge in [-0.05, 0) is 48.4 Å². The molecule has 3 aromatic carbocycles. The highest BCUT2D eigenvalue weighted by Crippen LogP contribution is 2.56. The largest absolute Gasteiger partial charge is 0.456 e. The van der Waals surface area contributed by atoms with E-state index in [1.807, 2.05) is 25.1 Å². The molecule has 2 aliphatic heterocycles. The van der Waals surface area contributed by atoms with Gasteiger partial charge < -0.3 is 14.2 Å². The molecule has 8 heteroatoms. The summed E-state index contributed by atoms with van der Waals surface area (Å²) in [6, 6.07) is 15.4. The lowest BCUT2D eigenvalue weighted by Crippen LogP contribution is -2.33. The van der Waals surface area contributed by atoms with Crippen LogP contribution < -0.4 is 9.47 Å². The van der Waals surface area contributed by atoms with E-state index < -0.39 is 11.6 Å². The number of hydrogen-bond acceptors (Lipinski definition) is 6. The Hall–Kier alpha value is -4.29. The van der Waals surface area contributed by atoms with Gasteiger partial charge in [-0.3, -0.25) is 4.79 Å². The summed E-state index contributed by atoms with van der Waals surface area (Å²) in [5.74, 6) is 0.661. The molecule has 1 spiro atoms. The minimum absolute atomic E-state index is 0.243. The maximum absolute atomic E-state index is 12.9. The van der Waals surface area contributed by atoms with Crippen LogP contribution in [0.4, 0.5) is 5.69 Å². The lowest BCUT2D eigenvalue weighted by atomic mass is 9.77. The Bertz CT molecular complexity index is 1300. The Kier molecular flexibility index (Phi) is 3.77. The Morgan fingerprint density at radius 3 is 2.53 bits per heavy atom. The van der Waals surface area contributed by atoms with E-state index in [0.29, 0.717) is 45.9 Å². The minimum atomic E-state index is -1.24. The summed E-state index contributed by atoms with van der Waals surface area (Å²) in [7, 11) is 0. The summed E-state index contributed by atoms with van der Waals surface area (Å²) in [6.45, 7) is 2.23. The van der Waals surface area contributed by atoms with Crippen molar-refractivity contribution >= 4 is 18.1 Å². The molecule has 1 unspecified atom stereocenters. The van der Waals surface area contributed by atoms with Gasteiger partial charge in [-0.1, -0.05) is 29.4 Å². The number of fused-ring (bicyclic) bond motifs is 6. The van der Waals surface area contributed by atoms with Gasteiger partial charge in [-0.15, -0.1) is 0 Å². The number of carbonyl (C=O) groups is 2. The Morgan fingerprint density at radius 1 is 1.03 bits per heavy atom. The number of nitrogens with zero attached hydrogens (tertiary/aromatic N) is 3. The van der Waals surface area contributed by atoms with Crippen molar-refractivity contribution < 1.29 is 23.8 Å². The molecule has 0 aliphatic carbocycles. The first-order valence-corrected chi connectivity index (χ1v) is 9.03. The number of esters is 1. The Balaban J connectivity index is 1.82. The molecule has 30 heavy (non-hydrogen) atoms. The van der Waals surface area contributed by atoms with Crippen LogP contribution in [0.3, 0.4) is 0 Å². The van der Waals surface area contributed by atoms with Crippen LogP contribution in [0.2, 0.25) is 0 Å². The fraction of sp³-hybridized carbons (Fsp3) is 0.0909. The summed E-state index contributed by atoms with van der Waals surface area (Å²) in [4.78, 5) is 26.4. The molecule has 146 valence electrons. The van der Waals surface area contributed by atoms with Crippen LogP contribution in [0.5, 0.6) is 17.2 Å². The molecule has 0 fully saturated rings. The van der Waals surface area contributed by atoms with Crippen molar-refractivity contribution in [1.82, 2.24) is 0 Å². The smallest absolute Gasteiger partial charge is 0.340 e. The molecule has 2 aliphatic rings. The molecule has 0 bridgehead atoms. The molecule has 1 atom stereocenters. The summed E-state index contributed by atoms with van der Waals surface area (Å²) in [5.41, 5.74) is 11.1. The third kappa shape index (κ3) is 2.38. The number of benzene rings is 3. The predicted molar refractivity (Wildman–Crippen MR) is 105 cm³/mol. The van der Waals surface area contributed by atoms with Gasteiger partial charge in [0.1, 0.15) is 17.2 Å². The summed E-state index contributed by atoms with van der Waals surface area (Å²) >= 11 is 0. The second kappa shape index (κ2) is 6.37. The van der Waals surface area contributed by atoms with Crippen LogP contribution in [0.25, 0.3) is 10.4 Å². The van der Waals surface area contributed by atoms with Crippen molar-refractivity contribution in [3.63, 3.8) is 0 Å². The zero-order valence-corrected chi connectivity index (χ0v) is 15.7. The first kappa shape index (κ1) is 17.8. The van der Waals surface area contributed by atoms with E-state index in [1.54, 1.807) is 30.3 Å². The SMILES string of the molecule is Cc1ccc2c(c1)Oc1cc(N=[N+]=[N-])ccc1C21OC(=O)c2cc(OC=O)ccc21. The van der Waals surface area contributed by atoms with Gasteiger partial charge in [0, 0.05) is 27.3 Å². The number of aryl methyl sites for hydroxylation is 1. The zero-order valence-electron chi connectivity index (χ0n) is 15.7. The topological polar surface area (TPSA) is 111 Å². The predicted octanol–water partition coefficient (Wildman–Crippen LogP) is 5.04. The van der Waals surface area contributed by atoms with Crippen LogP contribution in [0, 0.1) is 6.92 Å². The normalized spacial score (nSPS) is 17.7. The van der Waals surface area contributed by atoms with Gasteiger partial charge in [0.15, 0.2) is 5.60 Å². The lowest BCUT2D eigenvalue weighted by molar-refractivity contribution is -0.120. The van der Waals surface area contributed by atoms with E-state index in [9.17, 15) is 9.59 Å². The highest BCUT2D eigenvalue weighted by molar-refractivity contribution is 5.97.